The van der Waals surface area contributed by atoms with Gasteiger partial charge in [0.1, 0.15) is 12.2 Å². The Labute approximate surface area is 215 Å². The number of rotatable bonds is 5. The highest BCUT2D eigenvalue weighted by molar-refractivity contribution is 7.51. The van der Waals surface area contributed by atoms with Crippen molar-refractivity contribution in [2.45, 2.75) is 63.5 Å². The van der Waals surface area contributed by atoms with Crippen molar-refractivity contribution in [3.63, 3.8) is 0 Å². The van der Waals surface area contributed by atoms with Gasteiger partial charge in [-0.05, 0) is 24.6 Å². The molecule has 2 aliphatic heterocycles. The summed E-state index contributed by atoms with van der Waals surface area (Å²) in [7, 11) is -4.07. The van der Waals surface area contributed by atoms with Crippen LogP contribution in [0.15, 0.2) is 46.1 Å². The Morgan fingerprint density at radius 3 is 2.65 bits per heavy atom. The van der Waals surface area contributed by atoms with Crippen LogP contribution in [0.1, 0.15) is 45.6 Å². The van der Waals surface area contributed by atoms with E-state index in [1.54, 1.807) is 24.3 Å². The van der Waals surface area contributed by atoms with Crippen molar-refractivity contribution in [1.29, 1.82) is 0 Å². The molecule has 3 aliphatic rings. The lowest BCUT2D eigenvalue weighted by Crippen LogP contribution is -2.50. The molecule has 0 spiro atoms. The van der Waals surface area contributed by atoms with E-state index in [4.69, 9.17) is 30.1 Å². The third-order valence-electron chi connectivity index (χ3n) is 7.02. The average molecular weight is 558 g/mol. The van der Waals surface area contributed by atoms with Gasteiger partial charge in [0, 0.05) is 36.2 Å². The fourth-order valence-corrected chi connectivity index (χ4v) is 7.37. The lowest BCUT2D eigenvalue weighted by molar-refractivity contribution is -0.168. The van der Waals surface area contributed by atoms with Crippen molar-refractivity contribution >= 4 is 25.3 Å². The number of hydrogen-bond donors (Lipinski definition) is 2. The number of alkyl halides is 1. The number of ether oxygens (including phenoxy) is 2. The van der Waals surface area contributed by atoms with Crippen molar-refractivity contribution < 1.29 is 32.3 Å². The highest BCUT2D eigenvalue weighted by Gasteiger charge is 2.88. The predicted molar refractivity (Wildman–Crippen MR) is 129 cm³/mol. The second-order valence-corrected chi connectivity index (χ2v) is 12.4. The minimum absolute atomic E-state index is 0.225. The molecule has 3 heterocycles. The highest BCUT2D eigenvalue weighted by atomic mass is 35.5. The van der Waals surface area contributed by atoms with Crippen LogP contribution in [0.3, 0.4) is 0 Å². The van der Waals surface area contributed by atoms with Crippen molar-refractivity contribution in [1.82, 2.24) is 14.6 Å². The predicted octanol–water partition coefficient (Wildman–Crippen LogP) is 3.01. The molecule has 200 valence electrons. The van der Waals surface area contributed by atoms with E-state index in [1.807, 2.05) is 18.8 Å². The molecule has 37 heavy (non-hydrogen) atoms. The van der Waals surface area contributed by atoms with Crippen molar-refractivity contribution in [2.24, 2.45) is 5.41 Å². The number of aromatic nitrogens is 2. The van der Waals surface area contributed by atoms with E-state index in [0.717, 1.165) is 30.7 Å². The summed E-state index contributed by atoms with van der Waals surface area (Å²) in [6.45, 7) is 6.23. The minimum atomic E-state index is -4.07. The van der Waals surface area contributed by atoms with Crippen LogP contribution in [0.4, 0.5) is 4.39 Å². The average Bonchev–Trinajstić information content (AvgIpc) is 3.30. The number of nitrogens with one attached hydrogen (secondary N) is 2. The standard InChI is InChI=1S/C23H26ClFN3O8P/c1-12(29)34-23-17(33-19(22(23,4)25)28-9-8-15(30)27-20(28)31)18(23)36-37(32)26-11-21(2,3)16(35-37)13-6-5-7-14(24)10-13/h5-10,16-19H,11H2,1-4H3,(H,26,32)(H,27,30,31)/t16?,17-,18?,19-,22+,23+,37?/m1/s1. The van der Waals surface area contributed by atoms with Gasteiger partial charge in [0.15, 0.2) is 11.9 Å². The van der Waals surface area contributed by atoms with Gasteiger partial charge >= 0.3 is 19.4 Å². The van der Waals surface area contributed by atoms with Crippen LogP contribution in [0.25, 0.3) is 0 Å². The molecule has 1 aliphatic carbocycles. The smallest absolute Gasteiger partial charge is 0.406 e. The van der Waals surface area contributed by atoms with E-state index in [2.05, 4.69) is 5.09 Å². The van der Waals surface area contributed by atoms with Crippen LogP contribution in [-0.2, 0) is 27.9 Å². The normalized spacial score (nSPS) is 38.1. The molecule has 0 bridgehead atoms. The van der Waals surface area contributed by atoms with Gasteiger partial charge in [-0.15, -0.1) is 0 Å². The van der Waals surface area contributed by atoms with Gasteiger partial charge in [0.2, 0.25) is 5.60 Å². The molecule has 1 aromatic heterocycles. The van der Waals surface area contributed by atoms with Crippen LogP contribution in [-0.4, -0.2) is 45.5 Å². The lowest BCUT2D eigenvalue weighted by Gasteiger charge is -2.42. The molecule has 3 fully saturated rings. The van der Waals surface area contributed by atoms with E-state index in [9.17, 15) is 18.9 Å². The summed E-state index contributed by atoms with van der Waals surface area (Å²) in [5, 5.41) is 3.26. The van der Waals surface area contributed by atoms with E-state index >= 15 is 4.39 Å². The van der Waals surface area contributed by atoms with Gasteiger partial charge in [0.25, 0.3) is 5.56 Å². The van der Waals surface area contributed by atoms with Crippen LogP contribution in [0.5, 0.6) is 0 Å². The Hall–Kier alpha value is -2.34. The zero-order chi connectivity index (χ0) is 27.0. The third kappa shape index (κ3) is 4.20. The number of halogens is 2. The Morgan fingerprint density at radius 2 is 2.00 bits per heavy atom. The summed E-state index contributed by atoms with van der Waals surface area (Å²) in [6, 6.07) is 7.96. The number of hydrogen-bond acceptors (Lipinski definition) is 8. The molecule has 0 amide bonds. The largest absolute Gasteiger partial charge is 0.450 e. The molecule has 2 N–H and O–H groups in total. The zero-order valence-electron chi connectivity index (χ0n) is 20.4. The number of benzene rings is 1. The fraction of sp³-hybridized carbons (Fsp3) is 0.522. The monoisotopic (exact) mass is 557 g/mol. The van der Waals surface area contributed by atoms with Gasteiger partial charge in [-0.2, -0.15) is 0 Å². The van der Waals surface area contributed by atoms with E-state index in [-0.39, 0.29) is 6.54 Å². The van der Waals surface area contributed by atoms with Gasteiger partial charge in [0.05, 0.1) is 6.10 Å². The molecular weight excluding hydrogens is 532 g/mol. The molecule has 3 unspecified atom stereocenters. The topological polar surface area (TPSA) is 138 Å². The van der Waals surface area contributed by atoms with Crippen LogP contribution < -0.4 is 16.3 Å². The molecule has 1 saturated carbocycles. The SMILES string of the molecule is CC(=O)O[C@]12C(OP3(=O)NCC(C)(C)C(c4cccc(Cl)c4)O3)[C@H]1O[C@@H](n1ccc(=O)[nH]c1=O)[C@]2(C)F. The number of aromatic amines is 1. The first-order chi connectivity index (χ1) is 17.2. The Balaban J connectivity index is 1.44. The number of H-pyrrole nitrogens is 1. The maximum Gasteiger partial charge on any atom is 0.406 e. The van der Waals surface area contributed by atoms with Gasteiger partial charge in [-0.25, -0.2) is 18.8 Å². The van der Waals surface area contributed by atoms with Crippen molar-refractivity contribution in [3.8, 4) is 0 Å². The van der Waals surface area contributed by atoms with E-state index in [1.165, 1.54) is 0 Å². The molecule has 0 radical (unpaired) electrons. The molecule has 1 aromatic carbocycles. The zero-order valence-corrected chi connectivity index (χ0v) is 22.0. The summed E-state index contributed by atoms with van der Waals surface area (Å²) < 4.78 is 54.0. The number of fused-ring (bicyclic) bond motifs is 1. The first kappa shape index (κ1) is 26.3. The number of nitrogens with zero attached hydrogens (tertiary/aromatic N) is 1. The number of esters is 1. The minimum Gasteiger partial charge on any atom is -0.450 e. The van der Waals surface area contributed by atoms with E-state index < -0.39 is 66.2 Å². The fourth-order valence-electron chi connectivity index (χ4n) is 5.13. The molecular formula is C23H26ClFN3O8P. The quantitative estimate of drug-likeness (QED) is 0.419. The summed E-state index contributed by atoms with van der Waals surface area (Å²) in [4.78, 5) is 37.8. The summed E-state index contributed by atoms with van der Waals surface area (Å²) in [5.41, 5.74) is -5.95. The summed E-state index contributed by atoms with van der Waals surface area (Å²) in [5.74, 6) is -0.827. The van der Waals surface area contributed by atoms with Crippen LogP contribution in [0, 0.1) is 5.41 Å². The number of carbonyl (C=O) groups excluding carboxylic acids is 1. The molecule has 14 heteroatoms. The third-order valence-corrected chi connectivity index (χ3v) is 8.79. The summed E-state index contributed by atoms with van der Waals surface area (Å²) >= 11 is 6.15. The second-order valence-electron chi connectivity index (χ2n) is 10.3. The van der Waals surface area contributed by atoms with Crippen molar-refractivity contribution in [2.75, 3.05) is 6.54 Å². The van der Waals surface area contributed by atoms with Crippen LogP contribution >= 0.6 is 19.3 Å². The molecule has 2 saturated heterocycles. The van der Waals surface area contributed by atoms with Gasteiger partial charge < -0.3 is 9.47 Å². The molecule has 11 nitrogen and oxygen atoms in total. The second kappa shape index (κ2) is 8.59. The Morgan fingerprint density at radius 1 is 1.27 bits per heavy atom. The van der Waals surface area contributed by atoms with Crippen molar-refractivity contribution in [3.05, 3.63) is 68.0 Å². The van der Waals surface area contributed by atoms with Gasteiger partial charge in [-0.1, -0.05) is 37.6 Å². The van der Waals surface area contributed by atoms with Crippen LogP contribution in [0.2, 0.25) is 5.02 Å². The maximum absolute atomic E-state index is 16.4. The molecule has 2 aromatic rings. The van der Waals surface area contributed by atoms with E-state index in [0.29, 0.717) is 10.6 Å². The lowest BCUT2D eigenvalue weighted by atomic mass is 9.83. The molecule has 7 atom stereocenters. The first-order valence-corrected chi connectivity index (χ1v) is 13.5. The molecule has 5 rings (SSSR count). The summed E-state index contributed by atoms with van der Waals surface area (Å²) in [6.07, 6.45) is -3.67. The Bertz CT molecular complexity index is 1430. The Kier molecular flexibility index (Phi) is 6.10. The number of carbonyl (C=O) groups is 1. The van der Waals surface area contributed by atoms with Gasteiger partial charge in [-0.3, -0.25) is 28.2 Å². The first-order valence-electron chi connectivity index (χ1n) is 11.5. The highest BCUT2D eigenvalue weighted by Crippen LogP contribution is 2.69. The maximum atomic E-state index is 16.4.